The molecule has 106 valence electrons. The summed E-state index contributed by atoms with van der Waals surface area (Å²) in [6.45, 7) is 2.08. The molecular weight excluding hydrogens is 334 g/mol. The molecule has 0 radical (unpaired) electrons. The van der Waals surface area contributed by atoms with Crippen molar-refractivity contribution in [1.82, 2.24) is 4.90 Å². The Morgan fingerprint density at radius 1 is 1.25 bits per heavy atom. The van der Waals surface area contributed by atoms with Gasteiger partial charge in [0.1, 0.15) is 0 Å². The molecule has 0 aromatic heterocycles. The molecule has 0 aliphatic rings. The molecule has 1 unspecified atom stereocenters. The number of carbonyl (C=O) groups excluding carboxylic acids is 1. The zero-order valence-electron chi connectivity index (χ0n) is 11.9. The Balaban J connectivity index is 2.28. The second kappa shape index (κ2) is 6.64. The number of amides is 1. The molecule has 0 fully saturated rings. The van der Waals surface area contributed by atoms with E-state index in [1.54, 1.807) is 11.8 Å². The van der Waals surface area contributed by atoms with Gasteiger partial charge in [-0.1, -0.05) is 28.1 Å². The smallest absolute Gasteiger partial charge is 0.253 e. The second-order valence-corrected chi connectivity index (χ2v) is 6.75. The number of hydrogen-bond acceptors (Lipinski definition) is 2. The first-order chi connectivity index (χ1) is 9.52. The van der Waals surface area contributed by atoms with E-state index < -0.39 is 0 Å². The topological polar surface area (TPSA) is 20.3 Å². The van der Waals surface area contributed by atoms with E-state index in [1.165, 1.54) is 0 Å². The highest BCUT2D eigenvalue weighted by atomic mass is 79.9. The van der Waals surface area contributed by atoms with Crippen LogP contribution in [0.25, 0.3) is 10.8 Å². The monoisotopic (exact) mass is 351 g/mol. The standard InChI is InChI=1S/C16H18BrNOS/c1-11(10-20-3)18(2)16(19)14-5-4-13-9-15(17)7-6-12(13)8-14/h4-9,11H,10H2,1-3H3. The third-order valence-electron chi connectivity index (χ3n) is 3.44. The van der Waals surface area contributed by atoms with Gasteiger partial charge in [-0.05, 0) is 48.2 Å². The average Bonchev–Trinajstić information content (AvgIpc) is 2.45. The van der Waals surface area contributed by atoms with Gasteiger partial charge in [0.05, 0.1) is 0 Å². The number of halogens is 1. The van der Waals surface area contributed by atoms with Crippen LogP contribution in [-0.4, -0.2) is 35.9 Å². The molecule has 0 aliphatic carbocycles. The van der Waals surface area contributed by atoms with Crippen LogP contribution in [-0.2, 0) is 0 Å². The first-order valence-corrected chi connectivity index (χ1v) is 8.67. The van der Waals surface area contributed by atoms with Crippen LogP contribution >= 0.6 is 27.7 Å². The van der Waals surface area contributed by atoms with Gasteiger partial charge in [0.2, 0.25) is 0 Å². The molecule has 2 rings (SSSR count). The Kier molecular flexibility index (Phi) is 5.11. The maximum atomic E-state index is 12.5. The summed E-state index contributed by atoms with van der Waals surface area (Å²) < 4.78 is 1.05. The van der Waals surface area contributed by atoms with Crippen molar-refractivity contribution in [3.05, 3.63) is 46.4 Å². The van der Waals surface area contributed by atoms with Crippen LogP contribution in [0.5, 0.6) is 0 Å². The van der Waals surface area contributed by atoms with E-state index in [0.29, 0.717) is 0 Å². The Labute approximate surface area is 132 Å². The third-order valence-corrected chi connectivity index (χ3v) is 4.75. The van der Waals surface area contributed by atoms with Crippen LogP contribution in [0.15, 0.2) is 40.9 Å². The van der Waals surface area contributed by atoms with Gasteiger partial charge in [-0.3, -0.25) is 4.79 Å². The summed E-state index contributed by atoms with van der Waals surface area (Å²) in [6, 6.07) is 12.2. The van der Waals surface area contributed by atoms with E-state index in [2.05, 4.69) is 35.2 Å². The summed E-state index contributed by atoms with van der Waals surface area (Å²) >= 11 is 5.22. The van der Waals surface area contributed by atoms with E-state index in [1.807, 2.05) is 42.3 Å². The van der Waals surface area contributed by atoms with Gasteiger partial charge in [-0.25, -0.2) is 0 Å². The van der Waals surface area contributed by atoms with Crippen molar-refractivity contribution >= 4 is 44.4 Å². The molecule has 0 saturated carbocycles. The van der Waals surface area contributed by atoms with Crippen LogP contribution in [0.3, 0.4) is 0 Å². The molecule has 0 heterocycles. The van der Waals surface area contributed by atoms with Crippen LogP contribution < -0.4 is 0 Å². The minimum absolute atomic E-state index is 0.0800. The average molecular weight is 352 g/mol. The molecule has 2 aromatic carbocycles. The quantitative estimate of drug-likeness (QED) is 0.812. The zero-order valence-corrected chi connectivity index (χ0v) is 14.3. The summed E-state index contributed by atoms with van der Waals surface area (Å²) in [5.41, 5.74) is 0.746. The molecule has 1 amide bonds. The van der Waals surface area contributed by atoms with Gasteiger partial charge in [-0.15, -0.1) is 0 Å². The first kappa shape index (κ1) is 15.4. The number of thioether (sulfide) groups is 1. The lowest BCUT2D eigenvalue weighted by molar-refractivity contribution is 0.0757. The Morgan fingerprint density at radius 3 is 2.60 bits per heavy atom. The summed E-state index contributed by atoms with van der Waals surface area (Å²) in [4.78, 5) is 14.3. The fourth-order valence-corrected chi connectivity index (χ4v) is 3.19. The van der Waals surface area contributed by atoms with Crippen LogP contribution in [0.4, 0.5) is 0 Å². The maximum Gasteiger partial charge on any atom is 0.253 e. The van der Waals surface area contributed by atoms with Crippen LogP contribution in [0.1, 0.15) is 17.3 Å². The Bertz CT molecular complexity index is 629. The van der Waals surface area contributed by atoms with Crippen molar-refractivity contribution in [3.63, 3.8) is 0 Å². The molecule has 20 heavy (non-hydrogen) atoms. The van der Waals surface area contributed by atoms with Gasteiger partial charge in [0.25, 0.3) is 5.91 Å². The largest absolute Gasteiger partial charge is 0.338 e. The van der Waals surface area contributed by atoms with Crippen molar-refractivity contribution < 1.29 is 4.79 Å². The van der Waals surface area contributed by atoms with Crippen molar-refractivity contribution in [2.45, 2.75) is 13.0 Å². The molecular formula is C16H18BrNOS. The Morgan fingerprint density at radius 2 is 1.90 bits per heavy atom. The fourth-order valence-electron chi connectivity index (χ4n) is 2.11. The van der Waals surface area contributed by atoms with E-state index in [4.69, 9.17) is 0 Å². The van der Waals surface area contributed by atoms with E-state index in [0.717, 1.165) is 26.6 Å². The molecule has 0 spiro atoms. The van der Waals surface area contributed by atoms with Crippen molar-refractivity contribution in [1.29, 1.82) is 0 Å². The zero-order chi connectivity index (χ0) is 14.7. The molecule has 0 aliphatic heterocycles. The highest BCUT2D eigenvalue weighted by molar-refractivity contribution is 9.10. The number of rotatable bonds is 4. The molecule has 2 nitrogen and oxygen atoms in total. The highest BCUT2D eigenvalue weighted by Crippen LogP contribution is 2.22. The lowest BCUT2D eigenvalue weighted by Gasteiger charge is -2.24. The van der Waals surface area contributed by atoms with E-state index in [-0.39, 0.29) is 11.9 Å². The predicted molar refractivity (Wildman–Crippen MR) is 91.6 cm³/mol. The highest BCUT2D eigenvalue weighted by Gasteiger charge is 2.17. The fraction of sp³-hybridized carbons (Fsp3) is 0.312. The SMILES string of the molecule is CSCC(C)N(C)C(=O)c1ccc2cc(Br)ccc2c1. The molecule has 0 bridgehead atoms. The van der Waals surface area contributed by atoms with E-state index in [9.17, 15) is 4.79 Å². The van der Waals surface area contributed by atoms with Crippen LogP contribution in [0.2, 0.25) is 0 Å². The van der Waals surface area contributed by atoms with Gasteiger partial charge in [0.15, 0.2) is 0 Å². The summed E-state index contributed by atoms with van der Waals surface area (Å²) in [5, 5.41) is 2.22. The lowest BCUT2D eigenvalue weighted by Crippen LogP contribution is -2.36. The maximum absolute atomic E-state index is 12.5. The summed E-state index contributed by atoms with van der Waals surface area (Å²) in [5.74, 6) is 1.03. The predicted octanol–water partition coefficient (Wildman–Crippen LogP) is 4.43. The lowest BCUT2D eigenvalue weighted by atomic mass is 10.1. The number of benzene rings is 2. The summed E-state index contributed by atoms with van der Waals surface area (Å²) in [6.07, 6.45) is 2.06. The Hall–Kier alpha value is -1.00. The number of fused-ring (bicyclic) bond motifs is 1. The van der Waals surface area contributed by atoms with Gasteiger partial charge in [0, 0.05) is 28.9 Å². The van der Waals surface area contributed by atoms with Gasteiger partial charge in [-0.2, -0.15) is 11.8 Å². The van der Waals surface area contributed by atoms with Gasteiger partial charge < -0.3 is 4.90 Å². The molecule has 2 aromatic rings. The van der Waals surface area contributed by atoms with Crippen molar-refractivity contribution in [3.8, 4) is 0 Å². The number of hydrogen-bond donors (Lipinski definition) is 0. The molecule has 4 heteroatoms. The van der Waals surface area contributed by atoms with Crippen molar-refractivity contribution in [2.75, 3.05) is 19.1 Å². The minimum Gasteiger partial charge on any atom is -0.338 e. The third kappa shape index (κ3) is 3.36. The number of carbonyl (C=O) groups is 1. The summed E-state index contributed by atoms with van der Waals surface area (Å²) in [7, 11) is 1.87. The normalized spacial score (nSPS) is 12.4. The minimum atomic E-state index is 0.0800. The number of nitrogens with zero attached hydrogens (tertiary/aromatic N) is 1. The second-order valence-electron chi connectivity index (χ2n) is 4.93. The molecule has 0 N–H and O–H groups in total. The van der Waals surface area contributed by atoms with Crippen LogP contribution in [0, 0.1) is 0 Å². The molecule has 0 saturated heterocycles. The van der Waals surface area contributed by atoms with Gasteiger partial charge >= 0.3 is 0 Å². The van der Waals surface area contributed by atoms with E-state index >= 15 is 0 Å². The van der Waals surface area contributed by atoms with Crippen molar-refractivity contribution in [2.24, 2.45) is 0 Å². The first-order valence-electron chi connectivity index (χ1n) is 6.48. The molecule has 1 atom stereocenters.